The number of para-hydroxylation sites is 1. The van der Waals surface area contributed by atoms with Crippen LogP contribution in [0.5, 0.6) is 5.75 Å². The summed E-state index contributed by atoms with van der Waals surface area (Å²) in [6.45, 7) is 0.812. The molecule has 4 heteroatoms. The molecule has 5 atom stereocenters. The topological polar surface area (TPSA) is 56.5 Å². The summed E-state index contributed by atoms with van der Waals surface area (Å²) < 4.78 is 11.8. The molecule has 0 radical (unpaired) electrons. The maximum absolute atomic E-state index is 6.01. The molecule has 114 valence electrons. The number of nitrogens with one attached hydrogen (secondary N) is 1. The lowest BCUT2D eigenvalue weighted by atomic mass is 9.78. The van der Waals surface area contributed by atoms with E-state index in [2.05, 4.69) is 23.6 Å². The molecule has 2 bridgehead atoms. The summed E-state index contributed by atoms with van der Waals surface area (Å²) in [6, 6.07) is 8.77. The quantitative estimate of drug-likeness (QED) is 0.659. The lowest BCUT2D eigenvalue weighted by Crippen LogP contribution is -2.45. The van der Waals surface area contributed by atoms with Gasteiger partial charge in [-0.15, -0.1) is 0 Å². The number of nitrogens with two attached hydrogens (primary N) is 1. The molecule has 3 aliphatic rings. The predicted molar refractivity (Wildman–Crippen MR) is 81.0 cm³/mol. The fraction of sp³-hybridized carbons (Fsp3) is 0.647. The van der Waals surface area contributed by atoms with Crippen molar-refractivity contribution in [1.29, 1.82) is 0 Å². The molecule has 3 N–H and O–H groups in total. The average molecular weight is 288 g/mol. The van der Waals surface area contributed by atoms with Crippen molar-refractivity contribution in [2.45, 2.75) is 56.3 Å². The first-order valence-electron chi connectivity index (χ1n) is 8.18. The van der Waals surface area contributed by atoms with E-state index < -0.39 is 0 Å². The summed E-state index contributed by atoms with van der Waals surface area (Å²) in [5.41, 5.74) is 4.43. The monoisotopic (exact) mass is 288 g/mol. The van der Waals surface area contributed by atoms with Crippen molar-refractivity contribution in [2.24, 2.45) is 11.8 Å². The first kappa shape index (κ1) is 13.6. The Bertz CT molecular complexity index is 507. The predicted octanol–water partition coefficient (Wildman–Crippen LogP) is 2.34. The van der Waals surface area contributed by atoms with Crippen LogP contribution in [0.25, 0.3) is 0 Å². The Hall–Kier alpha value is -1.10. The van der Waals surface area contributed by atoms with Gasteiger partial charge in [-0.05, 0) is 49.7 Å². The molecule has 4 nitrogen and oxygen atoms in total. The molecule has 1 aromatic carbocycles. The number of fused-ring (bicyclic) bond motifs is 3. The first-order valence-corrected chi connectivity index (χ1v) is 8.18. The molecule has 21 heavy (non-hydrogen) atoms. The second-order valence-corrected chi connectivity index (χ2v) is 6.65. The summed E-state index contributed by atoms with van der Waals surface area (Å²) in [7, 11) is 0. The summed E-state index contributed by atoms with van der Waals surface area (Å²) in [6.07, 6.45) is 6.68. The molecule has 2 saturated heterocycles. The van der Waals surface area contributed by atoms with Gasteiger partial charge in [0.15, 0.2) is 0 Å². The molecule has 0 aromatic heterocycles. The number of hydrazine groups is 1. The molecule has 2 fully saturated rings. The highest BCUT2D eigenvalue weighted by Gasteiger charge is 2.44. The average Bonchev–Trinajstić information content (AvgIpc) is 3.15. The minimum atomic E-state index is 0.344. The van der Waals surface area contributed by atoms with E-state index in [0.717, 1.165) is 25.2 Å². The highest BCUT2D eigenvalue weighted by atomic mass is 16.5. The smallest absolute Gasteiger partial charge is 0.122 e. The van der Waals surface area contributed by atoms with E-state index in [1.54, 1.807) is 0 Å². The van der Waals surface area contributed by atoms with E-state index in [1.807, 2.05) is 6.07 Å². The molecule has 4 rings (SSSR count). The molecular formula is C17H24N2O2. The van der Waals surface area contributed by atoms with Crippen LogP contribution in [0.4, 0.5) is 0 Å². The van der Waals surface area contributed by atoms with Gasteiger partial charge in [0, 0.05) is 12.0 Å². The summed E-state index contributed by atoms with van der Waals surface area (Å²) in [4.78, 5) is 0. The summed E-state index contributed by atoms with van der Waals surface area (Å²) >= 11 is 0. The Kier molecular flexibility index (Phi) is 3.61. The Morgan fingerprint density at radius 3 is 2.90 bits per heavy atom. The Morgan fingerprint density at radius 2 is 2.14 bits per heavy atom. The van der Waals surface area contributed by atoms with Crippen LogP contribution >= 0.6 is 0 Å². The van der Waals surface area contributed by atoms with Crippen LogP contribution in [0.2, 0.25) is 0 Å². The maximum Gasteiger partial charge on any atom is 0.122 e. The van der Waals surface area contributed by atoms with Crippen molar-refractivity contribution in [2.75, 3.05) is 6.61 Å². The van der Waals surface area contributed by atoms with E-state index in [-0.39, 0.29) is 0 Å². The van der Waals surface area contributed by atoms with Gasteiger partial charge in [-0.1, -0.05) is 18.2 Å². The minimum Gasteiger partial charge on any atom is -0.493 e. The van der Waals surface area contributed by atoms with E-state index in [9.17, 15) is 0 Å². The van der Waals surface area contributed by atoms with Crippen LogP contribution in [0, 0.1) is 5.92 Å². The zero-order valence-corrected chi connectivity index (χ0v) is 12.3. The number of benzene rings is 1. The molecule has 0 spiro atoms. The van der Waals surface area contributed by atoms with Crippen molar-refractivity contribution in [3.05, 3.63) is 29.8 Å². The summed E-state index contributed by atoms with van der Waals surface area (Å²) in [5.74, 6) is 8.04. The van der Waals surface area contributed by atoms with E-state index in [4.69, 9.17) is 15.3 Å². The molecule has 3 heterocycles. The van der Waals surface area contributed by atoms with Crippen LogP contribution in [-0.4, -0.2) is 24.9 Å². The Labute approximate surface area is 126 Å². The van der Waals surface area contributed by atoms with Gasteiger partial charge in [0.05, 0.1) is 18.8 Å². The lowest BCUT2D eigenvalue weighted by Gasteiger charge is -2.33. The second-order valence-electron chi connectivity index (χ2n) is 6.65. The molecule has 1 aromatic rings. The second kappa shape index (κ2) is 5.59. The van der Waals surface area contributed by atoms with Crippen molar-refractivity contribution in [3.8, 4) is 5.75 Å². The van der Waals surface area contributed by atoms with Crippen LogP contribution in [-0.2, 0) is 4.74 Å². The van der Waals surface area contributed by atoms with Gasteiger partial charge in [-0.25, -0.2) is 0 Å². The van der Waals surface area contributed by atoms with E-state index >= 15 is 0 Å². The molecule has 0 aliphatic carbocycles. The van der Waals surface area contributed by atoms with Crippen molar-refractivity contribution >= 4 is 0 Å². The number of rotatable bonds is 4. The molecule has 0 saturated carbocycles. The minimum absolute atomic E-state index is 0.344. The van der Waals surface area contributed by atoms with Gasteiger partial charge in [0.25, 0.3) is 0 Å². The van der Waals surface area contributed by atoms with Gasteiger partial charge < -0.3 is 9.47 Å². The van der Waals surface area contributed by atoms with E-state index in [0.29, 0.717) is 30.1 Å². The third-order valence-corrected chi connectivity index (χ3v) is 5.51. The number of hydrogen-bond donors (Lipinski definition) is 2. The largest absolute Gasteiger partial charge is 0.493 e. The SMILES string of the molecule is NNC(CC1CCOc2ccccc21)C1CC2CCC1O2. The highest BCUT2D eigenvalue weighted by Crippen LogP contribution is 2.43. The molecule has 5 unspecified atom stereocenters. The van der Waals surface area contributed by atoms with Gasteiger partial charge in [-0.3, -0.25) is 11.3 Å². The Balaban J connectivity index is 1.50. The molecular weight excluding hydrogens is 264 g/mol. The normalized spacial score (nSPS) is 35.3. The Morgan fingerprint density at radius 1 is 1.24 bits per heavy atom. The zero-order chi connectivity index (χ0) is 14.2. The van der Waals surface area contributed by atoms with Crippen LogP contribution in [0.1, 0.15) is 43.6 Å². The van der Waals surface area contributed by atoms with Crippen molar-refractivity contribution in [1.82, 2.24) is 5.43 Å². The van der Waals surface area contributed by atoms with Gasteiger partial charge in [-0.2, -0.15) is 0 Å². The van der Waals surface area contributed by atoms with Crippen LogP contribution in [0.15, 0.2) is 24.3 Å². The lowest BCUT2D eigenvalue weighted by molar-refractivity contribution is 0.0837. The molecule has 3 aliphatic heterocycles. The van der Waals surface area contributed by atoms with Gasteiger partial charge in [0.2, 0.25) is 0 Å². The maximum atomic E-state index is 6.01. The van der Waals surface area contributed by atoms with Gasteiger partial charge in [0.1, 0.15) is 5.75 Å². The number of ether oxygens (including phenoxy) is 2. The van der Waals surface area contributed by atoms with Crippen LogP contribution < -0.4 is 16.0 Å². The summed E-state index contributed by atoms with van der Waals surface area (Å²) in [5, 5.41) is 0. The van der Waals surface area contributed by atoms with Gasteiger partial charge >= 0.3 is 0 Å². The fourth-order valence-electron chi connectivity index (χ4n) is 4.43. The zero-order valence-electron chi connectivity index (χ0n) is 12.3. The third kappa shape index (κ3) is 2.45. The first-order chi connectivity index (χ1) is 10.3. The molecule has 0 amide bonds. The van der Waals surface area contributed by atoms with Crippen molar-refractivity contribution in [3.63, 3.8) is 0 Å². The number of hydrogen-bond acceptors (Lipinski definition) is 4. The van der Waals surface area contributed by atoms with Crippen molar-refractivity contribution < 1.29 is 9.47 Å². The van der Waals surface area contributed by atoms with E-state index in [1.165, 1.54) is 24.8 Å². The standard InChI is InChI=1S/C17H24N2O2/c18-19-15(14-10-12-5-6-17(14)21-12)9-11-7-8-20-16-4-2-1-3-13(11)16/h1-4,11-12,14-15,17,19H,5-10,18H2. The third-order valence-electron chi connectivity index (χ3n) is 5.51. The fourth-order valence-corrected chi connectivity index (χ4v) is 4.43. The van der Waals surface area contributed by atoms with Crippen LogP contribution in [0.3, 0.4) is 0 Å². The highest BCUT2D eigenvalue weighted by molar-refractivity contribution is 5.37.